The number of likely N-dealkylation sites (tertiary alicyclic amines) is 1. The first-order chi connectivity index (χ1) is 13.9. The molecule has 0 radical (unpaired) electrons. The van der Waals surface area contributed by atoms with Gasteiger partial charge in [0.05, 0.1) is 22.3 Å². The molecule has 3 heterocycles. The van der Waals surface area contributed by atoms with Crippen LogP contribution in [-0.2, 0) is 0 Å². The normalized spacial score (nSPS) is 16.3. The van der Waals surface area contributed by atoms with Crippen molar-refractivity contribution in [1.82, 2.24) is 25.1 Å². The molecule has 1 fully saturated rings. The topological polar surface area (TPSA) is 86.8 Å². The number of hydrogen-bond acceptors (Lipinski definition) is 5. The molecule has 4 rings (SSSR count). The van der Waals surface area contributed by atoms with Gasteiger partial charge in [0.25, 0.3) is 5.91 Å². The number of amides is 1. The zero-order valence-corrected chi connectivity index (χ0v) is 16.8. The summed E-state index contributed by atoms with van der Waals surface area (Å²) in [5.74, 6) is 0.728. The first kappa shape index (κ1) is 19.3. The molecule has 1 aliphatic heterocycles. The van der Waals surface area contributed by atoms with Gasteiger partial charge in [0, 0.05) is 24.4 Å². The Bertz CT molecular complexity index is 1070. The van der Waals surface area contributed by atoms with Crippen molar-refractivity contribution < 1.29 is 9.18 Å². The molecule has 29 heavy (non-hydrogen) atoms. The molecule has 2 N–H and O–H groups in total. The third-order valence-corrected chi connectivity index (χ3v) is 5.15. The molecule has 150 valence electrons. The van der Waals surface area contributed by atoms with Crippen LogP contribution in [0.15, 0.2) is 30.3 Å². The summed E-state index contributed by atoms with van der Waals surface area (Å²) in [6.07, 6.45) is 1.55. The molecule has 0 aliphatic carbocycles. The van der Waals surface area contributed by atoms with Crippen molar-refractivity contribution in [3.63, 3.8) is 0 Å². The summed E-state index contributed by atoms with van der Waals surface area (Å²) in [5.41, 5.74) is 1.61. The molecule has 7 nitrogen and oxygen atoms in total. The number of carbonyl (C=O) groups is 1. The van der Waals surface area contributed by atoms with E-state index in [-0.39, 0.29) is 22.5 Å². The Morgan fingerprint density at radius 2 is 2.10 bits per heavy atom. The molecular formula is C20H20ClFN6O. The number of H-pyrrole nitrogens is 1. The van der Waals surface area contributed by atoms with Gasteiger partial charge in [-0.15, -0.1) is 0 Å². The number of aryl methyl sites for hydroxylation is 2. The van der Waals surface area contributed by atoms with Crippen LogP contribution in [0.2, 0.25) is 5.02 Å². The van der Waals surface area contributed by atoms with Gasteiger partial charge < -0.3 is 10.2 Å². The zero-order valence-electron chi connectivity index (χ0n) is 16.0. The van der Waals surface area contributed by atoms with E-state index in [0.29, 0.717) is 29.7 Å². The Morgan fingerprint density at radius 3 is 2.86 bits per heavy atom. The molecule has 0 saturated carbocycles. The maximum Gasteiger partial charge on any atom is 0.257 e. The van der Waals surface area contributed by atoms with Crippen LogP contribution in [0.1, 0.15) is 46.5 Å². The van der Waals surface area contributed by atoms with Gasteiger partial charge in [0.1, 0.15) is 11.6 Å². The molecule has 1 unspecified atom stereocenters. The number of aromatic amines is 1. The first-order valence-electron chi connectivity index (χ1n) is 9.32. The van der Waals surface area contributed by atoms with Gasteiger partial charge in [-0.2, -0.15) is 5.10 Å². The second kappa shape index (κ2) is 7.79. The first-order valence-corrected chi connectivity index (χ1v) is 9.70. The van der Waals surface area contributed by atoms with Crippen LogP contribution in [-0.4, -0.2) is 37.5 Å². The van der Waals surface area contributed by atoms with Crippen LogP contribution in [0, 0.1) is 19.7 Å². The van der Waals surface area contributed by atoms with E-state index in [1.165, 1.54) is 12.1 Å². The molecule has 9 heteroatoms. The number of hydrogen-bond donors (Lipinski definition) is 2. The van der Waals surface area contributed by atoms with Gasteiger partial charge in [-0.25, -0.2) is 14.4 Å². The smallest absolute Gasteiger partial charge is 0.257 e. The van der Waals surface area contributed by atoms with Crippen LogP contribution in [0.25, 0.3) is 0 Å². The van der Waals surface area contributed by atoms with Crippen molar-refractivity contribution in [2.24, 2.45) is 0 Å². The summed E-state index contributed by atoms with van der Waals surface area (Å²) in [5, 5.41) is 10.1. The van der Waals surface area contributed by atoms with Crippen molar-refractivity contribution in [2.45, 2.75) is 32.7 Å². The number of halogens is 2. The summed E-state index contributed by atoms with van der Waals surface area (Å²) < 4.78 is 14.4. The highest BCUT2D eigenvalue weighted by atomic mass is 35.5. The number of carbonyl (C=O) groups excluding carboxylic acids is 1. The van der Waals surface area contributed by atoms with E-state index in [0.717, 1.165) is 18.5 Å². The molecule has 0 spiro atoms. The number of aromatic nitrogens is 4. The zero-order chi connectivity index (χ0) is 20.5. The van der Waals surface area contributed by atoms with E-state index < -0.39 is 5.82 Å². The van der Waals surface area contributed by atoms with Crippen molar-refractivity contribution >= 4 is 29.1 Å². The van der Waals surface area contributed by atoms with Gasteiger partial charge in [-0.1, -0.05) is 17.7 Å². The minimum atomic E-state index is -0.694. The lowest BCUT2D eigenvalue weighted by Gasteiger charge is -2.25. The standard InChI is InChI=1S/C20H20ClFN6O/c1-11-9-18(27-26-11)25-17-10-15(23-12(2)24-17)16-7-4-8-28(16)20(29)13-5-3-6-14(21)19(13)22/h3,5-6,9-10,16H,4,7-8H2,1-2H3,(H2,23,24,25,26,27). The number of anilines is 2. The minimum Gasteiger partial charge on any atom is -0.330 e. The molecule has 1 aromatic carbocycles. The Labute approximate surface area is 172 Å². The van der Waals surface area contributed by atoms with Crippen LogP contribution in [0.4, 0.5) is 16.0 Å². The highest BCUT2D eigenvalue weighted by Crippen LogP contribution is 2.34. The molecule has 0 bridgehead atoms. The highest BCUT2D eigenvalue weighted by Gasteiger charge is 2.33. The Balaban J connectivity index is 1.63. The predicted octanol–water partition coefficient (Wildman–Crippen LogP) is 4.33. The molecule has 1 aliphatic rings. The van der Waals surface area contributed by atoms with E-state index in [1.54, 1.807) is 17.9 Å². The second-order valence-corrected chi connectivity index (χ2v) is 7.45. The van der Waals surface area contributed by atoms with E-state index >= 15 is 0 Å². The van der Waals surface area contributed by atoms with Gasteiger partial charge in [-0.05, 0) is 38.8 Å². The Kier molecular flexibility index (Phi) is 5.19. The average Bonchev–Trinajstić information content (AvgIpc) is 3.32. The SMILES string of the molecule is Cc1nc(Nc2cc(C)[nH]n2)cc(C2CCCN2C(=O)c2cccc(Cl)c2F)n1. The lowest BCUT2D eigenvalue weighted by atomic mass is 10.1. The van der Waals surface area contributed by atoms with Crippen molar-refractivity contribution in [1.29, 1.82) is 0 Å². The monoisotopic (exact) mass is 414 g/mol. The maximum absolute atomic E-state index is 14.4. The molecule has 3 aromatic rings. The van der Waals surface area contributed by atoms with Gasteiger partial charge in [0.15, 0.2) is 11.6 Å². The third-order valence-electron chi connectivity index (χ3n) is 4.86. The summed E-state index contributed by atoms with van der Waals surface area (Å²) >= 11 is 5.86. The fraction of sp³-hybridized carbons (Fsp3) is 0.300. The van der Waals surface area contributed by atoms with Crippen LogP contribution < -0.4 is 5.32 Å². The lowest BCUT2D eigenvalue weighted by molar-refractivity contribution is 0.0728. The summed E-state index contributed by atoms with van der Waals surface area (Å²) in [7, 11) is 0. The van der Waals surface area contributed by atoms with E-state index in [4.69, 9.17) is 11.6 Å². The average molecular weight is 415 g/mol. The Morgan fingerprint density at radius 1 is 1.28 bits per heavy atom. The molecule has 1 atom stereocenters. The van der Waals surface area contributed by atoms with Gasteiger partial charge >= 0.3 is 0 Å². The quantitative estimate of drug-likeness (QED) is 0.663. The minimum absolute atomic E-state index is 0.0273. The molecule has 2 aromatic heterocycles. The number of nitrogens with zero attached hydrogens (tertiary/aromatic N) is 4. The fourth-order valence-electron chi connectivity index (χ4n) is 3.58. The summed E-state index contributed by atoms with van der Waals surface area (Å²) in [6, 6.07) is 7.87. The largest absolute Gasteiger partial charge is 0.330 e. The van der Waals surface area contributed by atoms with E-state index in [2.05, 4.69) is 25.5 Å². The molecule has 1 saturated heterocycles. The van der Waals surface area contributed by atoms with E-state index in [1.807, 2.05) is 19.1 Å². The van der Waals surface area contributed by atoms with Gasteiger partial charge in [0.2, 0.25) is 0 Å². The number of nitrogens with one attached hydrogen (secondary N) is 2. The van der Waals surface area contributed by atoms with Crippen molar-refractivity contribution in [3.05, 3.63) is 63.9 Å². The predicted molar refractivity (Wildman–Crippen MR) is 108 cm³/mol. The van der Waals surface area contributed by atoms with Crippen molar-refractivity contribution in [2.75, 3.05) is 11.9 Å². The van der Waals surface area contributed by atoms with Crippen molar-refractivity contribution in [3.8, 4) is 0 Å². The Hall–Kier alpha value is -3.00. The lowest BCUT2D eigenvalue weighted by Crippen LogP contribution is -2.31. The number of benzene rings is 1. The second-order valence-electron chi connectivity index (χ2n) is 7.04. The summed E-state index contributed by atoms with van der Waals surface area (Å²) in [6.45, 7) is 4.23. The van der Waals surface area contributed by atoms with Crippen LogP contribution in [0.5, 0.6) is 0 Å². The van der Waals surface area contributed by atoms with Gasteiger partial charge in [-0.3, -0.25) is 9.89 Å². The third kappa shape index (κ3) is 3.93. The highest BCUT2D eigenvalue weighted by molar-refractivity contribution is 6.31. The number of rotatable bonds is 4. The van der Waals surface area contributed by atoms with E-state index in [9.17, 15) is 9.18 Å². The maximum atomic E-state index is 14.4. The molecule has 1 amide bonds. The fourth-order valence-corrected chi connectivity index (χ4v) is 3.75. The molecular weight excluding hydrogens is 395 g/mol. The van der Waals surface area contributed by atoms with Crippen LogP contribution in [0.3, 0.4) is 0 Å². The summed E-state index contributed by atoms with van der Waals surface area (Å²) in [4.78, 5) is 23.6. The van der Waals surface area contributed by atoms with Crippen LogP contribution >= 0.6 is 11.6 Å².